The second-order valence-corrected chi connectivity index (χ2v) is 15.1. The fraction of sp³-hybridized carbons (Fsp3) is 0.706. The third-order valence-electron chi connectivity index (χ3n) is 3.50. The summed E-state index contributed by atoms with van der Waals surface area (Å²) >= 11 is 3.37. The predicted molar refractivity (Wildman–Crippen MR) is 110 cm³/mol. The van der Waals surface area contributed by atoms with E-state index in [1.54, 1.807) is 27.8 Å². The second kappa shape index (κ2) is 9.20. The standard InChI is InChI=1S/C17H31BrN4O4Si/c1-17(2,3)26-16(24)21(4)10-12-13(18)14(15(19)23)22(20-12)11-25-8-9-27(5,6)7/h8-11H2,1-7H3,(H2,19,23). The molecule has 8 nitrogen and oxygen atoms in total. The Bertz CT molecular complexity index is 680. The minimum absolute atomic E-state index is 0.123. The Morgan fingerprint density at radius 1 is 1.30 bits per heavy atom. The molecule has 0 aliphatic carbocycles. The molecule has 0 saturated carbocycles. The van der Waals surface area contributed by atoms with Crippen LogP contribution in [0.15, 0.2) is 4.47 Å². The highest BCUT2D eigenvalue weighted by molar-refractivity contribution is 9.10. The monoisotopic (exact) mass is 462 g/mol. The van der Waals surface area contributed by atoms with Crippen LogP contribution in [0.3, 0.4) is 0 Å². The van der Waals surface area contributed by atoms with Gasteiger partial charge in [0.15, 0.2) is 0 Å². The zero-order valence-corrected chi connectivity index (χ0v) is 19.8. The van der Waals surface area contributed by atoms with Crippen molar-refractivity contribution in [1.29, 1.82) is 0 Å². The van der Waals surface area contributed by atoms with E-state index in [0.29, 0.717) is 16.8 Å². The van der Waals surface area contributed by atoms with Gasteiger partial charge in [-0.25, -0.2) is 9.48 Å². The van der Waals surface area contributed by atoms with Crippen LogP contribution in [0, 0.1) is 0 Å². The van der Waals surface area contributed by atoms with Crippen molar-refractivity contribution in [2.45, 2.75) is 65.3 Å². The van der Waals surface area contributed by atoms with E-state index >= 15 is 0 Å². The van der Waals surface area contributed by atoms with Crippen molar-refractivity contribution in [3.05, 3.63) is 15.9 Å². The summed E-state index contributed by atoms with van der Waals surface area (Å²) < 4.78 is 12.9. The predicted octanol–water partition coefficient (Wildman–Crippen LogP) is 3.42. The quantitative estimate of drug-likeness (QED) is 0.470. The number of carbonyl (C=O) groups is 2. The Morgan fingerprint density at radius 3 is 2.37 bits per heavy atom. The van der Waals surface area contributed by atoms with Crippen LogP contribution in [0.4, 0.5) is 4.79 Å². The largest absolute Gasteiger partial charge is 0.444 e. The molecular formula is C17H31BrN4O4Si. The number of hydrogen-bond donors (Lipinski definition) is 1. The van der Waals surface area contributed by atoms with E-state index in [1.807, 2.05) is 0 Å². The van der Waals surface area contributed by atoms with Gasteiger partial charge in [0.25, 0.3) is 5.91 Å². The number of carbonyl (C=O) groups excluding carboxylic acids is 2. The van der Waals surface area contributed by atoms with Crippen molar-refractivity contribution in [2.75, 3.05) is 13.7 Å². The van der Waals surface area contributed by atoms with Crippen LogP contribution in [0.5, 0.6) is 0 Å². The Labute approximate surface area is 170 Å². The van der Waals surface area contributed by atoms with E-state index < -0.39 is 25.7 Å². The number of nitrogens with zero attached hydrogens (tertiary/aromatic N) is 3. The van der Waals surface area contributed by atoms with Crippen molar-refractivity contribution in [3.8, 4) is 0 Å². The van der Waals surface area contributed by atoms with Crippen molar-refractivity contribution in [2.24, 2.45) is 5.73 Å². The minimum atomic E-state index is -1.20. The summed E-state index contributed by atoms with van der Waals surface area (Å²) in [6.07, 6.45) is -0.476. The Morgan fingerprint density at radius 2 is 1.89 bits per heavy atom. The molecule has 0 bridgehead atoms. The molecule has 0 atom stereocenters. The van der Waals surface area contributed by atoms with Gasteiger partial charge in [-0.1, -0.05) is 19.6 Å². The van der Waals surface area contributed by atoms with E-state index in [0.717, 1.165) is 6.04 Å². The maximum atomic E-state index is 12.1. The van der Waals surface area contributed by atoms with Crippen LogP contribution in [-0.2, 0) is 22.7 Å². The molecule has 1 aromatic rings. The molecule has 154 valence electrons. The van der Waals surface area contributed by atoms with Crippen LogP contribution < -0.4 is 5.73 Å². The molecule has 2 amide bonds. The first-order valence-corrected chi connectivity index (χ1v) is 13.3. The zero-order chi connectivity index (χ0) is 21.0. The van der Waals surface area contributed by atoms with E-state index in [1.165, 1.54) is 9.58 Å². The van der Waals surface area contributed by atoms with Crippen molar-refractivity contribution in [1.82, 2.24) is 14.7 Å². The molecule has 0 aliphatic rings. The van der Waals surface area contributed by atoms with E-state index in [-0.39, 0.29) is 19.0 Å². The summed E-state index contributed by atoms with van der Waals surface area (Å²) in [7, 11) is 0.401. The SMILES string of the molecule is CN(Cc1nn(COCC[Si](C)(C)C)c(C(N)=O)c1Br)C(=O)OC(C)(C)C. The summed E-state index contributed by atoms with van der Waals surface area (Å²) in [4.78, 5) is 25.4. The third-order valence-corrected chi connectivity index (χ3v) is 6.03. The first kappa shape index (κ1) is 23.6. The van der Waals surface area contributed by atoms with Gasteiger partial charge in [-0.15, -0.1) is 0 Å². The van der Waals surface area contributed by atoms with Crippen LogP contribution in [0.2, 0.25) is 25.7 Å². The topological polar surface area (TPSA) is 99.7 Å². The van der Waals surface area contributed by atoms with Gasteiger partial charge in [-0.3, -0.25) is 4.79 Å². The van der Waals surface area contributed by atoms with E-state index in [2.05, 4.69) is 40.7 Å². The molecule has 27 heavy (non-hydrogen) atoms. The number of rotatable bonds is 8. The average Bonchev–Trinajstić information content (AvgIpc) is 2.77. The van der Waals surface area contributed by atoms with Gasteiger partial charge in [0.2, 0.25) is 0 Å². The minimum Gasteiger partial charge on any atom is -0.444 e. The van der Waals surface area contributed by atoms with E-state index in [4.69, 9.17) is 15.2 Å². The van der Waals surface area contributed by atoms with Gasteiger partial charge in [0, 0.05) is 21.7 Å². The molecule has 0 fully saturated rings. The molecule has 10 heteroatoms. The highest BCUT2D eigenvalue weighted by Crippen LogP contribution is 2.23. The molecule has 2 N–H and O–H groups in total. The van der Waals surface area contributed by atoms with Crippen LogP contribution in [-0.4, -0.2) is 54.0 Å². The number of ether oxygens (including phenoxy) is 2. The van der Waals surface area contributed by atoms with E-state index in [9.17, 15) is 9.59 Å². The van der Waals surface area contributed by atoms with Gasteiger partial charge >= 0.3 is 6.09 Å². The zero-order valence-electron chi connectivity index (χ0n) is 17.3. The lowest BCUT2D eigenvalue weighted by Crippen LogP contribution is -2.34. The maximum absolute atomic E-state index is 12.1. The van der Waals surface area contributed by atoms with Gasteiger partial charge in [-0.2, -0.15) is 5.10 Å². The molecule has 0 saturated heterocycles. The van der Waals surface area contributed by atoms with Crippen molar-refractivity contribution < 1.29 is 19.1 Å². The smallest absolute Gasteiger partial charge is 0.410 e. The maximum Gasteiger partial charge on any atom is 0.410 e. The fourth-order valence-electron chi connectivity index (χ4n) is 2.08. The molecule has 0 spiro atoms. The lowest BCUT2D eigenvalue weighted by atomic mass is 10.2. The summed E-state index contributed by atoms with van der Waals surface area (Å²) in [5.74, 6) is -0.616. The van der Waals surface area contributed by atoms with Gasteiger partial charge in [0.1, 0.15) is 18.0 Å². The number of hydrogen-bond acceptors (Lipinski definition) is 5. The fourth-order valence-corrected chi connectivity index (χ4v) is 3.44. The van der Waals surface area contributed by atoms with Gasteiger partial charge < -0.3 is 20.1 Å². The molecule has 1 aromatic heterocycles. The first-order valence-electron chi connectivity index (χ1n) is 8.78. The summed E-state index contributed by atoms with van der Waals surface area (Å²) in [5.41, 5.74) is 5.62. The lowest BCUT2D eigenvalue weighted by molar-refractivity contribution is 0.0281. The highest BCUT2D eigenvalue weighted by Gasteiger charge is 2.25. The number of amides is 2. The van der Waals surface area contributed by atoms with Crippen LogP contribution in [0.1, 0.15) is 37.0 Å². The highest BCUT2D eigenvalue weighted by atomic mass is 79.9. The summed E-state index contributed by atoms with van der Waals surface area (Å²) in [6, 6.07) is 1.01. The molecule has 0 aromatic carbocycles. The molecule has 1 rings (SSSR count). The second-order valence-electron chi connectivity index (χ2n) is 8.66. The van der Waals surface area contributed by atoms with Gasteiger partial charge in [0.05, 0.1) is 16.7 Å². The number of halogens is 1. The Balaban J connectivity index is 2.87. The molecule has 0 aliphatic heterocycles. The Kier molecular flexibility index (Phi) is 8.06. The van der Waals surface area contributed by atoms with Gasteiger partial charge in [-0.05, 0) is 42.7 Å². The summed E-state index contributed by atoms with van der Waals surface area (Å²) in [5, 5.41) is 4.39. The molecular weight excluding hydrogens is 432 g/mol. The summed E-state index contributed by atoms with van der Waals surface area (Å²) in [6.45, 7) is 13.1. The number of primary amides is 1. The molecule has 1 heterocycles. The first-order chi connectivity index (χ1) is 12.2. The van der Waals surface area contributed by atoms with Crippen LogP contribution >= 0.6 is 15.9 Å². The number of nitrogens with two attached hydrogens (primary N) is 1. The Hall–Kier alpha value is -1.39. The molecule has 0 unspecified atom stereocenters. The van der Waals surface area contributed by atoms with Crippen LogP contribution in [0.25, 0.3) is 0 Å². The normalized spacial score (nSPS) is 12.1. The number of aromatic nitrogens is 2. The lowest BCUT2D eigenvalue weighted by Gasteiger charge is -2.24. The van der Waals surface area contributed by atoms with Crippen molar-refractivity contribution in [3.63, 3.8) is 0 Å². The van der Waals surface area contributed by atoms with Crippen molar-refractivity contribution >= 4 is 36.0 Å². The average molecular weight is 463 g/mol. The third kappa shape index (κ3) is 8.02. The molecule has 0 radical (unpaired) electrons.